The molecule has 0 saturated carbocycles. The first-order valence-corrected chi connectivity index (χ1v) is 8.53. The van der Waals surface area contributed by atoms with Gasteiger partial charge in [-0.05, 0) is 30.2 Å². The molecule has 0 bridgehead atoms. The number of anilines is 2. The summed E-state index contributed by atoms with van der Waals surface area (Å²) in [5.41, 5.74) is 3.96. The van der Waals surface area contributed by atoms with E-state index in [0.717, 1.165) is 41.3 Å². The number of aryl methyl sites for hydroxylation is 1. The number of aromatic nitrogens is 2. The second-order valence-electron chi connectivity index (χ2n) is 6.16. The maximum Gasteiger partial charge on any atom is 0.327 e. The van der Waals surface area contributed by atoms with E-state index in [1.54, 1.807) is 4.90 Å². The summed E-state index contributed by atoms with van der Waals surface area (Å²) in [6, 6.07) is 17.3. The summed E-state index contributed by atoms with van der Waals surface area (Å²) in [7, 11) is 0. The van der Waals surface area contributed by atoms with E-state index in [4.69, 9.17) is 0 Å². The van der Waals surface area contributed by atoms with Gasteiger partial charge in [0, 0.05) is 29.7 Å². The van der Waals surface area contributed by atoms with Gasteiger partial charge in [-0.25, -0.2) is 9.78 Å². The van der Waals surface area contributed by atoms with Gasteiger partial charge in [0.2, 0.25) is 0 Å². The minimum atomic E-state index is -0.143. The molecule has 0 aliphatic carbocycles. The molecular formula is C20H20N4O. The molecule has 0 fully saturated rings. The van der Waals surface area contributed by atoms with Crippen LogP contribution in [0.15, 0.2) is 60.8 Å². The zero-order valence-corrected chi connectivity index (χ0v) is 14.1. The maximum absolute atomic E-state index is 13.0. The molecule has 1 atom stereocenters. The lowest BCUT2D eigenvalue weighted by Gasteiger charge is -2.24. The number of nitrogens with zero attached hydrogens (tertiary/aromatic N) is 2. The molecule has 0 radical (unpaired) electrons. The zero-order chi connectivity index (χ0) is 17.2. The number of carbonyl (C=O) groups excluding carboxylic acids is 1. The van der Waals surface area contributed by atoms with E-state index >= 15 is 0 Å². The highest BCUT2D eigenvalue weighted by Crippen LogP contribution is 2.39. The Morgan fingerprint density at radius 2 is 1.96 bits per heavy atom. The lowest BCUT2D eigenvalue weighted by molar-refractivity contribution is 0.255. The zero-order valence-electron chi connectivity index (χ0n) is 14.1. The molecule has 3 aromatic rings. The van der Waals surface area contributed by atoms with Gasteiger partial charge in [0.1, 0.15) is 11.9 Å². The molecule has 4 rings (SSSR count). The van der Waals surface area contributed by atoms with Crippen molar-refractivity contribution in [3.8, 4) is 0 Å². The summed E-state index contributed by atoms with van der Waals surface area (Å²) >= 11 is 0. The second-order valence-corrected chi connectivity index (χ2v) is 6.16. The molecule has 5 heteroatoms. The fourth-order valence-corrected chi connectivity index (χ4v) is 3.29. The standard InChI is InChI=1S/C20H20N4O/c1-2-15-13-21-19(22-15)18-12-14-8-6-7-11-17(14)24(18)20(25)23-16-9-4-3-5-10-16/h3-11,13,18H,2,12H2,1H3,(H,21,22)(H,23,25). The smallest absolute Gasteiger partial charge is 0.327 e. The van der Waals surface area contributed by atoms with Crippen molar-refractivity contribution in [3.63, 3.8) is 0 Å². The lowest BCUT2D eigenvalue weighted by atomic mass is 10.1. The molecule has 1 aromatic heterocycles. The molecule has 1 aliphatic rings. The van der Waals surface area contributed by atoms with Crippen LogP contribution < -0.4 is 10.2 Å². The Hall–Kier alpha value is -3.08. The first kappa shape index (κ1) is 15.4. The highest BCUT2D eigenvalue weighted by molar-refractivity contribution is 6.03. The van der Waals surface area contributed by atoms with Crippen LogP contribution in [0.2, 0.25) is 0 Å². The molecular weight excluding hydrogens is 312 g/mol. The minimum absolute atomic E-state index is 0.124. The van der Waals surface area contributed by atoms with Crippen LogP contribution >= 0.6 is 0 Å². The van der Waals surface area contributed by atoms with Crippen molar-refractivity contribution in [1.29, 1.82) is 0 Å². The van der Waals surface area contributed by atoms with Crippen molar-refractivity contribution in [2.45, 2.75) is 25.8 Å². The number of nitrogens with one attached hydrogen (secondary N) is 2. The first-order chi connectivity index (χ1) is 12.3. The molecule has 1 aliphatic heterocycles. The van der Waals surface area contributed by atoms with E-state index < -0.39 is 0 Å². The van der Waals surface area contributed by atoms with E-state index in [-0.39, 0.29) is 12.1 Å². The van der Waals surface area contributed by atoms with Crippen LogP contribution in [0.3, 0.4) is 0 Å². The van der Waals surface area contributed by atoms with Gasteiger partial charge in [0.15, 0.2) is 0 Å². The number of hydrogen-bond donors (Lipinski definition) is 2. The van der Waals surface area contributed by atoms with Crippen LogP contribution in [-0.2, 0) is 12.8 Å². The van der Waals surface area contributed by atoms with Crippen LogP contribution in [0.1, 0.15) is 30.0 Å². The molecule has 2 N–H and O–H groups in total. The van der Waals surface area contributed by atoms with Crippen LogP contribution in [0.5, 0.6) is 0 Å². The van der Waals surface area contributed by atoms with Gasteiger partial charge in [-0.1, -0.05) is 43.3 Å². The van der Waals surface area contributed by atoms with Gasteiger partial charge in [-0.15, -0.1) is 0 Å². The molecule has 5 nitrogen and oxygen atoms in total. The molecule has 126 valence electrons. The van der Waals surface area contributed by atoms with E-state index in [1.165, 1.54) is 0 Å². The number of hydrogen-bond acceptors (Lipinski definition) is 2. The van der Waals surface area contributed by atoms with E-state index in [2.05, 4.69) is 28.3 Å². The highest BCUT2D eigenvalue weighted by Gasteiger charge is 2.36. The van der Waals surface area contributed by atoms with Gasteiger partial charge in [0.25, 0.3) is 0 Å². The molecule has 0 spiro atoms. The van der Waals surface area contributed by atoms with Crippen molar-refractivity contribution < 1.29 is 4.79 Å². The predicted octanol–water partition coefficient (Wildman–Crippen LogP) is 4.31. The van der Waals surface area contributed by atoms with Crippen LogP contribution in [0.25, 0.3) is 0 Å². The Balaban J connectivity index is 1.68. The number of imidazole rings is 1. The van der Waals surface area contributed by atoms with Gasteiger partial charge >= 0.3 is 6.03 Å². The monoisotopic (exact) mass is 332 g/mol. The number of H-pyrrole nitrogens is 1. The molecule has 0 saturated heterocycles. The van der Waals surface area contributed by atoms with Crippen molar-refractivity contribution in [2.75, 3.05) is 10.2 Å². The number of amides is 2. The normalized spacial score (nSPS) is 15.9. The predicted molar refractivity (Wildman–Crippen MR) is 98.8 cm³/mol. The number of fused-ring (bicyclic) bond motifs is 1. The molecule has 2 aromatic carbocycles. The van der Waals surface area contributed by atoms with Crippen LogP contribution in [0.4, 0.5) is 16.2 Å². The fraction of sp³-hybridized carbons (Fsp3) is 0.200. The second kappa shape index (κ2) is 6.43. The average Bonchev–Trinajstić information content (AvgIpc) is 3.26. The molecule has 25 heavy (non-hydrogen) atoms. The Kier molecular flexibility index (Phi) is 3.98. The SMILES string of the molecule is CCc1cnc(C2Cc3ccccc3N2C(=O)Nc2ccccc2)[nH]1. The number of para-hydroxylation sites is 2. The number of benzene rings is 2. The van der Waals surface area contributed by atoms with Gasteiger partial charge in [-0.2, -0.15) is 0 Å². The summed E-state index contributed by atoms with van der Waals surface area (Å²) < 4.78 is 0. The number of carbonyl (C=O) groups is 1. The van der Waals surface area contributed by atoms with Crippen LogP contribution in [-0.4, -0.2) is 16.0 Å². The third-order valence-corrected chi connectivity index (χ3v) is 4.56. The average molecular weight is 332 g/mol. The fourth-order valence-electron chi connectivity index (χ4n) is 3.29. The third-order valence-electron chi connectivity index (χ3n) is 4.56. The van der Waals surface area contributed by atoms with Crippen molar-refractivity contribution in [3.05, 3.63) is 77.9 Å². The summed E-state index contributed by atoms with van der Waals surface area (Å²) in [6.45, 7) is 2.08. The molecule has 2 heterocycles. The first-order valence-electron chi connectivity index (χ1n) is 8.53. The third kappa shape index (κ3) is 2.89. The van der Waals surface area contributed by atoms with Crippen molar-refractivity contribution in [1.82, 2.24) is 9.97 Å². The van der Waals surface area contributed by atoms with Crippen molar-refractivity contribution in [2.24, 2.45) is 0 Å². The summed E-state index contributed by atoms with van der Waals surface area (Å²) in [5, 5.41) is 2.99. The quantitative estimate of drug-likeness (QED) is 0.751. The maximum atomic E-state index is 13.0. The molecule has 1 unspecified atom stereocenters. The largest absolute Gasteiger partial charge is 0.344 e. The van der Waals surface area contributed by atoms with E-state index in [9.17, 15) is 4.79 Å². The topological polar surface area (TPSA) is 61.0 Å². The lowest BCUT2D eigenvalue weighted by Crippen LogP contribution is -2.36. The summed E-state index contributed by atoms with van der Waals surface area (Å²) in [5.74, 6) is 0.830. The van der Waals surface area contributed by atoms with Crippen molar-refractivity contribution >= 4 is 17.4 Å². The van der Waals surface area contributed by atoms with Gasteiger partial charge in [-0.3, -0.25) is 4.90 Å². The van der Waals surface area contributed by atoms with Gasteiger partial charge < -0.3 is 10.3 Å². The number of rotatable bonds is 3. The van der Waals surface area contributed by atoms with Gasteiger partial charge in [0.05, 0.1) is 0 Å². The highest BCUT2D eigenvalue weighted by atomic mass is 16.2. The van der Waals surface area contributed by atoms with E-state index in [1.807, 2.05) is 54.7 Å². The Bertz CT molecular complexity index is 887. The minimum Gasteiger partial charge on any atom is -0.344 e. The summed E-state index contributed by atoms with van der Waals surface area (Å²) in [6.07, 6.45) is 3.50. The Labute approximate surface area is 146 Å². The Morgan fingerprint density at radius 1 is 1.20 bits per heavy atom. The number of urea groups is 1. The van der Waals surface area contributed by atoms with Crippen LogP contribution in [0, 0.1) is 0 Å². The summed E-state index contributed by atoms with van der Waals surface area (Å²) in [4.78, 5) is 22.7. The molecule has 2 amide bonds. The Morgan fingerprint density at radius 3 is 2.72 bits per heavy atom. The number of aromatic amines is 1. The van der Waals surface area contributed by atoms with E-state index in [0.29, 0.717) is 0 Å².